The van der Waals surface area contributed by atoms with Crippen molar-refractivity contribution >= 4 is 17.3 Å². The van der Waals surface area contributed by atoms with Gasteiger partial charge in [0.05, 0.1) is 17.3 Å². The first-order valence-electron chi connectivity index (χ1n) is 9.44. The number of fused-ring (bicyclic) bond motifs is 3. The van der Waals surface area contributed by atoms with Crippen LogP contribution in [0.5, 0.6) is 5.75 Å². The summed E-state index contributed by atoms with van der Waals surface area (Å²) in [5.41, 5.74) is 2.73. The number of hydrogen-bond donors (Lipinski definition) is 0. The Kier molecular flexibility index (Phi) is 4.47. The zero-order chi connectivity index (χ0) is 20.9. The van der Waals surface area contributed by atoms with Crippen molar-refractivity contribution in [1.82, 2.24) is 5.01 Å². The Balaban J connectivity index is 1.57. The monoisotopic (exact) mass is 428 g/mol. The van der Waals surface area contributed by atoms with E-state index < -0.39 is 18.0 Å². The molecule has 0 aromatic heterocycles. The van der Waals surface area contributed by atoms with E-state index >= 15 is 0 Å². The van der Waals surface area contributed by atoms with E-state index in [9.17, 15) is 13.2 Å². The van der Waals surface area contributed by atoms with Gasteiger partial charge in [0.1, 0.15) is 5.75 Å². The lowest BCUT2D eigenvalue weighted by Crippen LogP contribution is -2.33. The van der Waals surface area contributed by atoms with Gasteiger partial charge in [-0.05, 0) is 35.9 Å². The minimum atomic E-state index is -4.38. The molecule has 0 aliphatic carbocycles. The molecular weight excluding hydrogens is 413 g/mol. The average Bonchev–Trinajstić information content (AvgIpc) is 3.19. The molecular formula is C23H16ClF3N2O. The van der Waals surface area contributed by atoms with Gasteiger partial charge in [-0.1, -0.05) is 54.1 Å². The third-order valence-electron chi connectivity index (χ3n) is 5.38. The van der Waals surface area contributed by atoms with Crippen LogP contribution in [0.4, 0.5) is 13.2 Å². The fourth-order valence-electron chi connectivity index (χ4n) is 3.92. The molecule has 0 saturated carbocycles. The number of nitrogens with zero attached hydrogens (tertiary/aromatic N) is 2. The molecule has 0 saturated heterocycles. The number of ether oxygens (including phenoxy) is 1. The van der Waals surface area contributed by atoms with Gasteiger partial charge in [-0.25, -0.2) is 5.01 Å². The number of rotatable bonds is 2. The Morgan fingerprint density at radius 3 is 2.40 bits per heavy atom. The fraction of sp³-hybridized carbons (Fsp3) is 0.174. The van der Waals surface area contributed by atoms with Gasteiger partial charge in [0.15, 0.2) is 0 Å². The van der Waals surface area contributed by atoms with Crippen LogP contribution >= 0.6 is 11.6 Å². The Morgan fingerprint density at radius 1 is 0.967 bits per heavy atom. The van der Waals surface area contributed by atoms with Gasteiger partial charge in [0.2, 0.25) is 6.23 Å². The second-order valence-corrected chi connectivity index (χ2v) is 7.72. The van der Waals surface area contributed by atoms with Crippen molar-refractivity contribution < 1.29 is 17.9 Å². The summed E-state index contributed by atoms with van der Waals surface area (Å²) in [6.07, 6.45) is -4.37. The maximum Gasteiger partial charge on any atom is 0.416 e. The molecule has 0 N–H and O–H groups in total. The molecule has 2 heterocycles. The van der Waals surface area contributed by atoms with Crippen molar-refractivity contribution in [2.24, 2.45) is 5.10 Å². The van der Waals surface area contributed by atoms with E-state index in [1.54, 1.807) is 12.1 Å². The van der Waals surface area contributed by atoms with E-state index in [-0.39, 0.29) is 6.04 Å². The zero-order valence-electron chi connectivity index (χ0n) is 15.6. The predicted molar refractivity (Wildman–Crippen MR) is 108 cm³/mol. The lowest BCUT2D eigenvalue weighted by Gasteiger charge is -2.38. The van der Waals surface area contributed by atoms with E-state index in [0.29, 0.717) is 22.8 Å². The number of alkyl halides is 3. The first-order valence-corrected chi connectivity index (χ1v) is 9.82. The highest BCUT2D eigenvalue weighted by atomic mass is 35.5. The van der Waals surface area contributed by atoms with E-state index in [1.165, 1.54) is 12.1 Å². The van der Waals surface area contributed by atoms with Crippen LogP contribution in [-0.4, -0.2) is 10.7 Å². The fourth-order valence-corrected chi connectivity index (χ4v) is 4.10. The first-order chi connectivity index (χ1) is 14.4. The molecule has 2 atom stereocenters. The number of halogens is 4. The standard InChI is InChI=1S/C23H16ClF3N2O/c24-17-10-11-21-18(12-17)20-13-19(14-4-2-1-3-5-14)28-29(20)22(30-21)15-6-8-16(9-7-15)23(25,26)27/h1-12,20,22H,13H2/t20-,22-/m0/s1. The summed E-state index contributed by atoms with van der Waals surface area (Å²) in [5, 5.41) is 7.22. The summed E-state index contributed by atoms with van der Waals surface area (Å²) in [7, 11) is 0. The quantitative estimate of drug-likeness (QED) is 0.459. The van der Waals surface area contributed by atoms with Crippen molar-refractivity contribution in [1.29, 1.82) is 0 Å². The van der Waals surface area contributed by atoms with Crippen LogP contribution in [-0.2, 0) is 6.18 Å². The van der Waals surface area contributed by atoms with Crippen LogP contribution in [0.1, 0.15) is 40.9 Å². The highest BCUT2D eigenvalue weighted by Gasteiger charge is 2.41. The lowest BCUT2D eigenvalue weighted by molar-refractivity contribution is -0.137. The zero-order valence-corrected chi connectivity index (χ0v) is 16.4. The second-order valence-electron chi connectivity index (χ2n) is 7.28. The minimum absolute atomic E-state index is 0.116. The lowest BCUT2D eigenvalue weighted by atomic mass is 9.96. The molecule has 3 aromatic carbocycles. The van der Waals surface area contributed by atoms with E-state index in [0.717, 1.165) is 29.0 Å². The van der Waals surface area contributed by atoms with Crippen molar-refractivity contribution in [2.75, 3.05) is 0 Å². The van der Waals surface area contributed by atoms with Crippen LogP contribution in [0.25, 0.3) is 0 Å². The molecule has 5 rings (SSSR count). The van der Waals surface area contributed by atoms with Crippen LogP contribution in [0.3, 0.4) is 0 Å². The molecule has 2 aliphatic rings. The summed E-state index contributed by atoms with van der Waals surface area (Å²) >= 11 is 6.22. The third kappa shape index (κ3) is 3.31. The van der Waals surface area contributed by atoms with Crippen LogP contribution in [0.15, 0.2) is 77.9 Å². The predicted octanol–water partition coefficient (Wildman–Crippen LogP) is 6.60. The van der Waals surface area contributed by atoms with E-state index in [4.69, 9.17) is 21.4 Å². The van der Waals surface area contributed by atoms with Crippen molar-refractivity contribution in [3.8, 4) is 5.75 Å². The molecule has 7 heteroatoms. The van der Waals surface area contributed by atoms with Gasteiger partial charge in [-0.15, -0.1) is 0 Å². The number of hydrogen-bond acceptors (Lipinski definition) is 3. The summed E-state index contributed by atoms with van der Waals surface area (Å²) in [4.78, 5) is 0. The third-order valence-corrected chi connectivity index (χ3v) is 5.62. The molecule has 0 radical (unpaired) electrons. The molecule has 30 heavy (non-hydrogen) atoms. The summed E-state index contributed by atoms with van der Waals surface area (Å²) in [5.74, 6) is 0.662. The molecule has 3 nitrogen and oxygen atoms in total. The molecule has 0 bridgehead atoms. The largest absolute Gasteiger partial charge is 0.464 e. The Bertz CT molecular complexity index is 1110. The van der Waals surface area contributed by atoms with Gasteiger partial charge < -0.3 is 4.74 Å². The maximum atomic E-state index is 13.0. The molecule has 0 fully saturated rings. The molecule has 0 amide bonds. The van der Waals surface area contributed by atoms with Crippen molar-refractivity contribution in [3.05, 3.63) is 100 Å². The second kappa shape index (κ2) is 7.06. The molecule has 0 spiro atoms. The maximum absolute atomic E-state index is 13.0. The summed E-state index contributed by atoms with van der Waals surface area (Å²) < 4.78 is 45.1. The van der Waals surface area contributed by atoms with Crippen molar-refractivity contribution in [3.63, 3.8) is 0 Å². The number of hydrazone groups is 1. The average molecular weight is 429 g/mol. The molecule has 3 aromatic rings. The Morgan fingerprint density at radius 2 is 1.70 bits per heavy atom. The molecule has 2 aliphatic heterocycles. The van der Waals surface area contributed by atoms with Crippen molar-refractivity contribution in [2.45, 2.75) is 24.9 Å². The first kappa shape index (κ1) is 19.0. The summed E-state index contributed by atoms with van der Waals surface area (Å²) in [6, 6.07) is 20.1. The Labute approximate surface area is 176 Å². The van der Waals surface area contributed by atoms with Gasteiger partial charge in [0, 0.05) is 22.6 Å². The molecule has 152 valence electrons. The van der Waals surface area contributed by atoms with Crippen LogP contribution < -0.4 is 4.74 Å². The van der Waals surface area contributed by atoms with Gasteiger partial charge in [-0.3, -0.25) is 0 Å². The minimum Gasteiger partial charge on any atom is -0.464 e. The number of benzene rings is 3. The molecule has 0 unspecified atom stereocenters. The van der Waals surface area contributed by atoms with Gasteiger partial charge in [0.25, 0.3) is 0 Å². The van der Waals surface area contributed by atoms with E-state index in [1.807, 2.05) is 41.4 Å². The van der Waals surface area contributed by atoms with Crippen LogP contribution in [0, 0.1) is 0 Å². The van der Waals surface area contributed by atoms with Gasteiger partial charge >= 0.3 is 6.18 Å². The highest BCUT2D eigenvalue weighted by Crippen LogP contribution is 2.48. The topological polar surface area (TPSA) is 24.8 Å². The normalized spacial score (nSPS) is 20.3. The summed E-state index contributed by atoms with van der Waals surface area (Å²) in [6.45, 7) is 0. The van der Waals surface area contributed by atoms with Crippen LogP contribution in [0.2, 0.25) is 5.02 Å². The van der Waals surface area contributed by atoms with E-state index in [2.05, 4.69) is 0 Å². The Hall–Kier alpha value is -2.99. The SMILES string of the molecule is FC(F)(F)c1ccc([C@@H]2Oc3ccc(Cl)cc3[C@@H]3CC(c4ccccc4)=NN32)cc1. The highest BCUT2D eigenvalue weighted by molar-refractivity contribution is 6.30. The van der Waals surface area contributed by atoms with Gasteiger partial charge in [-0.2, -0.15) is 18.3 Å². The smallest absolute Gasteiger partial charge is 0.416 e.